The van der Waals surface area contributed by atoms with Crippen molar-refractivity contribution in [1.82, 2.24) is 4.37 Å². The van der Waals surface area contributed by atoms with E-state index in [1.165, 1.54) is 0 Å². The SMILES string of the molecule is Cc1nsc(NC(=O)OCc2ccccc2)c1C#N. The molecule has 1 amide bonds. The van der Waals surface area contributed by atoms with Crippen LogP contribution in [-0.4, -0.2) is 10.5 Å². The van der Waals surface area contributed by atoms with Crippen LogP contribution >= 0.6 is 11.5 Å². The molecular formula is C13H11N3O2S. The van der Waals surface area contributed by atoms with Crippen LogP contribution in [0.5, 0.6) is 0 Å². The monoisotopic (exact) mass is 273 g/mol. The number of carbonyl (C=O) groups excluding carboxylic acids is 1. The lowest BCUT2D eigenvalue weighted by Gasteiger charge is -2.05. The highest BCUT2D eigenvalue weighted by atomic mass is 32.1. The molecule has 0 radical (unpaired) electrons. The molecular weight excluding hydrogens is 262 g/mol. The number of nitrogens with one attached hydrogen (secondary N) is 1. The number of benzene rings is 1. The molecule has 1 aromatic carbocycles. The lowest BCUT2D eigenvalue weighted by molar-refractivity contribution is 0.155. The molecule has 96 valence electrons. The molecule has 2 aromatic rings. The van der Waals surface area contributed by atoms with E-state index in [2.05, 4.69) is 9.69 Å². The van der Waals surface area contributed by atoms with E-state index < -0.39 is 6.09 Å². The number of ether oxygens (including phenoxy) is 1. The number of nitriles is 1. The Morgan fingerprint density at radius 1 is 1.47 bits per heavy atom. The maximum absolute atomic E-state index is 11.6. The Hall–Kier alpha value is -2.39. The predicted octanol–water partition coefficient (Wildman–Crippen LogP) is 3.07. The van der Waals surface area contributed by atoms with Gasteiger partial charge in [-0.2, -0.15) is 9.64 Å². The summed E-state index contributed by atoms with van der Waals surface area (Å²) in [6.07, 6.45) is -0.594. The van der Waals surface area contributed by atoms with Crippen molar-refractivity contribution in [3.05, 3.63) is 47.2 Å². The van der Waals surface area contributed by atoms with E-state index >= 15 is 0 Å². The summed E-state index contributed by atoms with van der Waals surface area (Å²) in [4.78, 5) is 11.6. The molecule has 0 saturated carbocycles. The van der Waals surface area contributed by atoms with Gasteiger partial charge in [0, 0.05) is 0 Å². The summed E-state index contributed by atoms with van der Waals surface area (Å²) in [7, 11) is 0. The number of carbonyl (C=O) groups is 1. The van der Waals surface area contributed by atoms with Gasteiger partial charge in [0.25, 0.3) is 0 Å². The quantitative estimate of drug-likeness (QED) is 0.932. The first-order valence-corrected chi connectivity index (χ1v) is 6.32. The molecule has 0 aliphatic carbocycles. The van der Waals surface area contributed by atoms with Crippen LogP contribution in [0.2, 0.25) is 0 Å². The van der Waals surface area contributed by atoms with Crippen molar-refractivity contribution in [3.63, 3.8) is 0 Å². The smallest absolute Gasteiger partial charge is 0.412 e. The second-order valence-corrected chi connectivity index (χ2v) is 4.54. The summed E-state index contributed by atoms with van der Waals surface area (Å²) >= 11 is 1.07. The minimum atomic E-state index is -0.594. The summed E-state index contributed by atoms with van der Waals surface area (Å²) in [5.74, 6) is 0. The third-order valence-corrected chi connectivity index (χ3v) is 3.26. The van der Waals surface area contributed by atoms with Crippen molar-refractivity contribution in [3.8, 4) is 6.07 Å². The summed E-state index contributed by atoms with van der Waals surface area (Å²) < 4.78 is 9.07. The molecule has 0 atom stereocenters. The van der Waals surface area contributed by atoms with E-state index in [4.69, 9.17) is 10.00 Å². The first-order valence-electron chi connectivity index (χ1n) is 5.55. The number of hydrogen-bond acceptors (Lipinski definition) is 5. The Bertz CT molecular complexity index is 617. The molecule has 0 fully saturated rings. The van der Waals surface area contributed by atoms with Gasteiger partial charge in [-0.15, -0.1) is 0 Å². The Labute approximate surface area is 114 Å². The van der Waals surface area contributed by atoms with Crippen molar-refractivity contribution < 1.29 is 9.53 Å². The second kappa shape index (κ2) is 5.98. The van der Waals surface area contributed by atoms with Crippen molar-refractivity contribution in [2.75, 3.05) is 5.32 Å². The van der Waals surface area contributed by atoms with Crippen molar-refractivity contribution in [2.24, 2.45) is 0 Å². The van der Waals surface area contributed by atoms with Gasteiger partial charge >= 0.3 is 6.09 Å². The van der Waals surface area contributed by atoms with Gasteiger partial charge in [0.2, 0.25) is 0 Å². The molecule has 0 saturated heterocycles. The predicted molar refractivity (Wildman–Crippen MR) is 71.8 cm³/mol. The molecule has 2 rings (SSSR count). The van der Waals surface area contributed by atoms with E-state index in [0.29, 0.717) is 16.3 Å². The van der Waals surface area contributed by atoms with Crippen LogP contribution in [0.15, 0.2) is 30.3 Å². The Balaban J connectivity index is 1.93. The van der Waals surface area contributed by atoms with Gasteiger partial charge in [0.05, 0.1) is 5.69 Å². The van der Waals surface area contributed by atoms with Gasteiger partial charge in [-0.1, -0.05) is 30.3 Å². The second-order valence-electron chi connectivity index (χ2n) is 3.77. The highest BCUT2D eigenvalue weighted by Gasteiger charge is 2.13. The van der Waals surface area contributed by atoms with Crippen LogP contribution in [0.25, 0.3) is 0 Å². The molecule has 6 heteroatoms. The maximum atomic E-state index is 11.6. The van der Waals surface area contributed by atoms with Crippen molar-refractivity contribution in [1.29, 1.82) is 5.26 Å². The zero-order chi connectivity index (χ0) is 13.7. The molecule has 1 aromatic heterocycles. The Kier molecular flexibility index (Phi) is 4.11. The molecule has 0 aliphatic rings. The maximum Gasteiger partial charge on any atom is 0.412 e. The minimum Gasteiger partial charge on any atom is -0.444 e. The van der Waals surface area contributed by atoms with Gasteiger partial charge in [-0.25, -0.2) is 4.79 Å². The fourth-order valence-corrected chi connectivity index (χ4v) is 2.17. The normalized spacial score (nSPS) is 9.68. The molecule has 1 heterocycles. The fourth-order valence-electron chi connectivity index (χ4n) is 1.44. The average Bonchev–Trinajstić information content (AvgIpc) is 2.78. The number of anilines is 1. The summed E-state index contributed by atoms with van der Waals surface area (Å²) in [6, 6.07) is 11.4. The highest BCUT2D eigenvalue weighted by molar-refractivity contribution is 7.10. The van der Waals surface area contributed by atoms with Crippen LogP contribution < -0.4 is 5.32 Å². The van der Waals surface area contributed by atoms with Crippen molar-refractivity contribution >= 4 is 22.6 Å². The number of aryl methyl sites for hydroxylation is 1. The van der Waals surface area contributed by atoms with Crippen LogP contribution in [-0.2, 0) is 11.3 Å². The number of aromatic nitrogens is 1. The van der Waals surface area contributed by atoms with E-state index in [1.807, 2.05) is 36.4 Å². The van der Waals surface area contributed by atoms with Crippen LogP contribution in [0.4, 0.5) is 9.80 Å². The summed E-state index contributed by atoms with van der Waals surface area (Å²) in [6.45, 7) is 1.90. The van der Waals surface area contributed by atoms with E-state index in [-0.39, 0.29) is 6.61 Å². The Morgan fingerprint density at radius 3 is 2.89 bits per heavy atom. The number of nitrogens with zero attached hydrogens (tertiary/aromatic N) is 2. The van der Waals surface area contributed by atoms with Crippen molar-refractivity contribution in [2.45, 2.75) is 13.5 Å². The standard InChI is InChI=1S/C13H11N3O2S/c1-9-11(7-14)12(19-16-9)15-13(17)18-8-10-5-3-2-4-6-10/h2-6H,8H2,1H3,(H,15,17). The Morgan fingerprint density at radius 2 is 2.21 bits per heavy atom. The first-order chi connectivity index (χ1) is 9.20. The number of rotatable bonds is 3. The zero-order valence-electron chi connectivity index (χ0n) is 10.2. The van der Waals surface area contributed by atoms with Gasteiger partial charge < -0.3 is 4.74 Å². The molecule has 0 bridgehead atoms. The zero-order valence-corrected chi connectivity index (χ0v) is 11.0. The lowest BCUT2D eigenvalue weighted by Crippen LogP contribution is -2.13. The molecule has 19 heavy (non-hydrogen) atoms. The first kappa shape index (κ1) is 13.1. The van der Waals surface area contributed by atoms with Gasteiger partial charge in [0.15, 0.2) is 0 Å². The average molecular weight is 273 g/mol. The molecule has 1 N–H and O–H groups in total. The topological polar surface area (TPSA) is 75.0 Å². The summed E-state index contributed by atoms with van der Waals surface area (Å²) in [5, 5.41) is 11.9. The van der Waals surface area contributed by atoms with Gasteiger partial charge in [0.1, 0.15) is 23.2 Å². The lowest BCUT2D eigenvalue weighted by atomic mass is 10.2. The largest absolute Gasteiger partial charge is 0.444 e. The van der Waals surface area contributed by atoms with E-state index in [1.54, 1.807) is 6.92 Å². The number of hydrogen-bond donors (Lipinski definition) is 1. The molecule has 0 unspecified atom stereocenters. The van der Waals surface area contributed by atoms with Crippen LogP contribution in [0.1, 0.15) is 16.8 Å². The van der Waals surface area contributed by atoms with Gasteiger partial charge in [-0.3, -0.25) is 5.32 Å². The van der Waals surface area contributed by atoms with Crippen LogP contribution in [0, 0.1) is 18.3 Å². The van der Waals surface area contributed by atoms with E-state index in [9.17, 15) is 4.79 Å². The molecule has 0 spiro atoms. The molecule has 5 nitrogen and oxygen atoms in total. The minimum absolute atomic E-state index is 0.187. The fraction of sp³-hybridized carbons (Fsp3) is 0.154. The molecule has 0 aliphatic heterocycles. The number of amides is 1. The third kappa shape index (κ3) is 3.30. The summed E-state index contributed by atoms with van der Waals surface area (Å²) in [5.41, 5.74) is 1.88. The van der Waals surface area contributed by atoms with Gasteiger partial charge in [-0.05, 0) is 24.0 Å². The van der Waals surface area contributed by atoms with Crippen LogP contribution in [0.3, 0.4) is 0 Å². The van der Waals surface area contributed by atoms with E-state index in [0.717, 1.165) is 17.1 Å². The third-order valence-electron chi connectivity index (χ3n) is 2.40. The highest BCUT2D eigenvalue weighted by Crippen LogP contribution is 2.23.